The minimum absolute atomic E-state index is 0.416. The summed E-state index contributed by atoms with van der Waals surface area (Å²) in [5, 5.41) is 0.543. The highest BCUT2D eigenvalue weighted by molar-refractivity contribution is 6.34. The summed E-state index contributed by atoms with van der Waals surface area (Å²) in [5.74, 6) is 1.20. The number of primary amides is 1. The molecule has 0 saturated carbocycles. The third kappa shape index (κ3) is 4.52. The molecular weight excluding hydrogens is 410 g/mol. The van der Waals surface area contributed by atoms with E-state index < -0.39 is 5.91 Å². The summed E-state index contributed by atoms with van der Waals surface area (Å²) in [7, 11) is 1.62. The van der Waals surface area contributed by atoms with E-state index in [1.807, 2.05) is 42.6 Å². The molecule has 0 radical (unpaired) electrons. The highest BCUT2D eigenvalue weighted by Crippen LogP contribution is 2.40. The lowest BCUT2D eigenvalue weighted by Gasteiger charge is -2.22. The quantitative estimate of drug-likeness (QED) is 0.569. The van der Waals surface area contributed by atoms with Gasteiger partial charge in [0.2, 0.25) is 5.91 Å². The predicted octanol–water partition coefficient (Wildman–Crippen LogP) is 5.56. The molecule has 2 heterocycles. The van der Waals surface area contributed by atoms with Crippen molar-refractivity contribution >= 4 is 23.3 Å². The van der Waals surface area contributed by atoms with Crippen molar-refractivity contribution in [2.45, 2.75) is 25.7 Å². The summed E-state index contributed by atoms with van der Waals surface area (Å²) >= 11 is 6.62. The Morgan fingerprint density at radius 2 is 1.61 bits per heavy atom. The molecule has 1 aliphatic heterocycles. The molecule has 0 atom stereocenters. The van der Waals surface area contributed by atoms with E-state index in [9.17, 15) is 4.79 Å². The van der Waals surface area contributed by atoms with E-state index in [1.165, 1.54) is 25.7 Å². The molecule has 1 aliphatic rings. The van der Waals surface area contributed by atoms with Gasteiger partial charge in [-0.2, -0.15) is 0 Å². The van der Waals surface area contributed by atoms with Gasteiger partial charge in [0.1, 0.15) is 11.6 Å². The van der Waals surface area contributed by atoms with Gasteiger partial charge in [0.15, 0.2) is 0 Å². The summed E-state index contributed by atoms with van der Waals surface area (Å²) in [6.45, 7) is 2.04. The zero-order valence-corrected chi connectivity index (χ0v) is 18.4. The second kappa shape index (κ2) is 9.40. The molecule has 160 valence electrons. The Balaban J connectivity index is 1.80. The number of benzene rings is 2. The van der Waals surface area contributed by atoms with Crippen LogP contribution in [0.1, 0.15) is 36.0 Å². The van der Waals surface area contributed by atoms with Crippen LogP contribution in [-0.4, -0.2) is 31.1 Å². The summed E-state index contributed by atoms with van der Waals surface area (Å²) in [4.78, 5) is 19.3. The third-order valence-corrected chi connectivity index (χ3v) is 6.08. The van der Waals surface area contributed by atoms with Crippen molar-refractivity contribution in [3.8, 4) is 28.0 Å². The van der Waals surface area contributed by atoms with Crippen LogP contribution >= 0.6 is 11.6 Å². The lowest BCUT2D eigenvalue weighted by molar-refractivity contribution is 0.100. The van der Waals surface area contributed by atoms with Crippen molar-refractivity contribution in [2.24, 2.45) is 5.73 Å². The minimum Gasteiger partial charge on any atom is -0.497 e. The summed E-state index contributed by atoms with van der Waals surface area (Å²) in [5.41, 5.74) is 9.28. The number of hydrogen-bond donors (Lipinski definition) is 1. The number of aromatic nitrogens is 1. The Bertz CT molecular complexity index is 1060. The molecule has 1 amide bonds. The van der Waals surface area contributed by atoms with Gasteiger partial charge in [-0.1, -0.05) is 36.6 Å². The van der Waals surface area contributed by atoms with Crippen LogP contribution in [0.25, 0.3) is 22.3 Å². The van der Waals surface area contributed by atoms with Gasteiger partial charge in [0, 0.05) is 46.6 Å². The van der Waals surface area contributed by atoms with Crippen LogP contribution in [0.5, 0.6) is 5.75 Å². The van der Waals surface area contributed by atoms with Crippen LogP contribution < -0.4 is 15.4 Å². The Hall–Kier alpha value is -3.05. The highest BCUT2D eigenvalue weighted by Gasteiger charge is 2.20. The highest BCUT2D eigenvalue weighted by atomic mass is 35.5. The number of nitrogens with zero attached hydrogens (tertiary/aromatic N) is 2. The molecule has 1 fully saturated rings. The fraction of sp³-hybridized carbons (Fsp3) is 0.280. The number of anilines is 1. The zero-order chi connectivity index (χ0) is 21.8. The molecule has 2 N–H and O–H groups in total. The second-order valence-corrected chi connectivity index (χ2v) is 8.15. The lowest BCUT2D eigenvalue weighted by Crippen LogP contribution is -2.24. The SMILES string of the molecule is COc1ccc(-c2c(Cl)ccc(C(N)=O)c2-c2ccc(N3CCCCCC3)nc2)cc1. The van der Waals surface area contributed by atoms with E-state index in [2.05, 4.69) is 4.90 Å². The smallest absolute Gasteiger partial charge is 0.249 e. The van der Waals surface area contributed by atoms with E-state index in [0.29, 0.717) is 16.1 Å². The maximum Gasteiger partial charge on any atom is 0.249 e. The standard InChI is InChI=1S/C25H26ClN3O2/c1-31-19-9-6-17(7-10-19)24-21(26)12-11-20(25(27)30)23(24)18-8-13-22(28-16-18)29-14-4-2-3-5-15-29/h6-13,16H,2-5,14-15H2,1H3,(H2,27,30). The van der Waals surface area contributed by atoms with Crippen LogP contribution in [0, 0.1) is 0 Å². The molecule has 1 saturated heterocycles. The Kier molecular flexibility index (Phi) is 6.42. The van der Waals surface area contributed by atoms with Crippen molar-refractivity contribution in [1.29, 1.82) is 0 Å². The molecule has 0 bridgehead atoms. The molecule has 2 aromatic carbocycles. The molecule has 0 unspecified atom stereocenters. The number of ether oxygens (including phenoxy) is 1. The van der Waals surface area contributed by atoms with Crippen LogP contribution in [0.15, 0.2) is 54.7 Å². The van der Waals surface area contributed by atoms with Crippen molar-refractivity contribution in [1.82, 2.24) is 4.98 Å². The number of hydrogen-bond acceptors (Lipinski definition) is 4. The first-order chi connectivity index (χ1) is 15.1. The molecular formula is C25H26ClN3O2. The predicted molar refractivity (Wildman–Crippen MR) is 126 cm³/mol. The van der Waals surface area contributed by atoms with E-state index in [4.69, 9.17) is 27.1 Å². The molecule has 1 aromatic heterocycles. The average Bonchev–Trinajstić information content (AvgIpc) is 3.08. The van der Waals surface area contributed by atoms with Gasteiger partial charge in [-0.25, -0.2) is 4.98 Å². The first kappa shape index (κ1) is 21.2. The van der Waals surface area contributed by atoms with Crippen molar-refractivity contribution in [3.63, 3.8) is 0 Å². The molecule has 5 nitrogen and oxygen atoms in total. The van der Waals surface area contributed by atoms with Gasteiger partial charge in [0.05, 0.1) is 7.11 Å². The third-order valence-electron chi connectivity index (χ3n) is 5.77. The van der Waals surface area contributed by atoms with Gasteiger partial charge >= 0.3 is 0 Å². The lowest BCUT2D eigenvalue weighted by atomic mass is 9.90. The second-order valence-electron chi connectivity index (χ2n) is 7.74. The monoisotopic (exact) mass is 435 g/mol. The van der Waals surface area contributed by atoms with E-state index in [-0.39, 0.29) is 0 Å². The summed E-state index contributed by atoms with van der Waals surface area (Å²) in [6.07, 6.45) is 6.72. The first-order valence-corrected chi connectivity index (χ1v) is 10.9. The molecule has 3 aromatic rings. The summed E-state index contributed by atoms with van der Waals surface area (Å²) in [6, 6.07) is 15.0. The molecule has 4 rings (SSSR count). The Morgan fingerprint density at radius 1 is 0.935 bits per heavy atom. The van der Waals surface area contributed by atoms with Gasteiger partial charge in [0.25, 0.3) is 0 Å². The van der Waals surface area contributed by atoms with Gasteiger partial charge in [-0.05, 0) is 54.8 Å². The normalized spacial score (nSPS) is 14.2. The zero-order valence-electron chi connectivity index (χ0n) is 17.6. The number of carbonyl (C=O) groups excluding carboxylic acids is 1. The first-order valence-electron chi connectivity index (χ1n) is 10.6. The molecule has 6 heteroatoms. The van der Waals surface area contributed by atoms with Crippen LogP contribution in [0.2, 0.25) is 5.02 Å². The number of halogens is 1. The topological polar surface area (TPSA) is 68.5 Å². The largest absolute Gasteiger partial charge is 0.497 e. The summed E-state index contributed by atoms with van der Waals surface area (Å²) < 4.78 is 5.27. The fourth-order valence-electron chi connectivity index (χ4n) is 4.14. The number of nitrogens with two attached hydrogens (primary N) is 1. The minimum atomic E-state index is -0.502. The van der Waals surface area contributed by atoms with Gasteiger partial charge in [-0.3, -0.25) is 4.79 Å². The fourth-order valence-corrected chi connectivity index (χ4v) is 4.41. The molecule has 31 heavy (non-hydrogen) atoms. The maximum atomic E-state index is 12.3. The number of amides is 1. The van der Waals surface area contributed by atoms with Gasteiger partial charge in [-0.15, -0.1) is 0 Å². The van der Waals surface area contributed by atoms with Crippen LogP contribution in [0.4, 0.5) is 5.82 Å². The Labute approximate surface area is 187 Å². The molecule has 0 aliphatic carbocycles. The number of carbonyl (C=O) groups is 1. The van der Waals surface area contributed by atoms with Crippen molar-refractivity contribution in [2.75, 3.05) is 25.1 Å². The van der Waals surface area contributed by atoms with E-state index >= 15 is 0 Å². The Morgan fingerprint density at radius 3 is 2.19 bits per heavy atom. The van der Waals surface area contributed by atoms with E-state index in [1.54, 1.807) is 19.2 Å². The van der Waals surface area contributed by atoms with E-state index in [0.717, 1.165) is 41.3 Å². The van der Waals surface area contributed by atoms with Crippen molar-refractivity contribution in [3.05, 3.63) is 65.3 Å². The maximum absolute atomic E-state index is 12.3. The number of methoxy groups -OCH3 is 1. The van der Waals surface area contributed by atoms with Gasteiger partial charge < -0.3 is 15.4 Å². The number of rotatable bonds is 5. The van der Waals surface area contributed by atoms with Crippen molar-refractivity contribution < 1.29 is 9.53 Å². The molecule has 0 spiro atoms. The van der Waals surface area contributed by atoms with Crippen LogP contribution in [0.3, 0.4) is 0 Å². The average molecular weight is 436 g/mol. The number of pyridine rings is 1. The van der Waals surface area contributed by atoms with Crippen LogP contribution in [-0.2, 0) is 0 Å².